The number of phenolic OH excluding ortho intramolecular Hbond substituents is 1. The molecule has 2 aliphatic rings. The number of benzene rings is 4. The van der Waals surface area contributed by atoms with Crippen molar-refractivity contribution in [2.24, 2.45) is 0 Å². The normalized spacial score (nSPS) is 16.4. The molecule has 0 bridgehead atoms. The molecule has 2 aliphatic heterocycles. The van der Waals surface area contributed by atoms with Crippen molar-refractivity contribution in [2.45, 2.75) is 31.7 Å². The maximum atomic E-state index is 9.48. The maximum Gasteiger partial charge on any atom is 0.853 e. The number of fused-ring (bicyclic) bond motifs is 2. The summed E-state index contributed by atoms with van der Waals surface area (Å²) in [6.45, 7) is 4.17. The number of hydrogen-bond acceptors (Lipinski definition) is 5. The van der Waals surface area contributed by atoms with Gasteiger partial charge in [0.1, 0.15) is 11.5 Å². The molecule has 3 N–H and O–H groups in total. The Morgan fingerprint density at radius 3 is 1.92 bits per heavy atom. The number of aromatic hydroxyl groups is 1. The molecule has 0 fully saturated rings. The fourth-order valence-corrected chi connectivity index (χ4v) is 5.73. The van der Waals surface area contributed by atoms with E-state index in [0.717, 1.165) is 34.0 Å². The molecular formula is C33H33AlN2O3. The first-order valence-electron chi connectivity index (χ1n) is 13.3. The maximum absolute atomic E-state index is 9.48. The fraction of sp³-hybridized carbons (Fsp3) is 0.152. The quantitative estimate of drug-likeness (QED) is 0.180. The van der Waals surface area contributed by atoms with Crippen molar-refractivity contribution in [3.63, 3.8) is 0 Å². The summed E-state index contributed by atoms with van der Waals surface area (Å²) >= 11 is -1.88. The van der Waals surface area contributed by atoms with Crippen molar-refractivity contribution in [3.8, 4) is 28.4 Å². The zero-order valence-corrected chi connectivity index (χ0v) is 23.6. The molecule has 0 saturated carbocycles. The van der Waals surface area contributed by atoms with Crippen LogP contribution in [0, 0.1) is 0 Å². The summed E-state index contributed by atoms with van der Waals surface area (Å²) in [4.78, 5) is 0. The van der Waals surface area contributed by atoms with Gasteiger partial charge in [0.25, 0.3) is 0 Å². The monoisotopic (exact) mass is 532 g/mol. The highest BCUT2D eigenvalue weighted by atomic mass is 27.2. The summed E-state index contributed by atoms with van der Waals surface area (Å²) in [7, 11) is 0. The lowest BCUT2D eigenvalue weighted by molar-refractivity contribution is 0.432. The molecule has 0 aromatic heterocycles. The van der Waals surface area contributed by atoms with Gasteiger partial charge in [-0.15, -0.1) is 0 Å². The second-order valence-electron chi connectivity index (χ2n) is 9.74. The van der Waals surface area contributed by atoms with Crippen LogP contribution in [0.25, 0.3) is 23.3 Å². The average Bonchev–Trinajstić information content (AvgIpc) is 2.95. The Hall–Kier alpha value is -4.11. The topological polar surface area (TPSA) is 62.8 Å². The Labute approximate surface area is 235 Å². The third kappa shape index (κ3) is 6.67. The van der Waals surface area contributed by atoms with Crippen LogP contribution in [0.1, 0.15) is 25.0 Å². The first kappa shape index (κ1) is 26.5. The molecule has 0 radical (unpaired) electrons. The predicted octanol–water partition coefficient (Wildman–Crippen LogP) is 7.98. The zero-order valence-electron chi connectivity index (χ0n) is 22.5. The molecule has 0 spiro atoms. The van der Waals surface area contributed by atoms with Crippen LogP contribution >= 0.6 is 0 Å². The molecule has 0 amide bonds. The van der Waals surface area contributed by atoms with Crippen molar-refractivity contribution >= 4 is 38.3 Å². The highest BCUT2D eigenvalue weighted by Crippen LogP contribution is 2.34. The van der Waals surface area contributed by atoms with Crippen LogP contribution in [0.4, 0.5) is 11.4 Å². The molecule has 6 heteroatoms. The van der Waals surface area contributed by atoms with Crippen molar-refractivity contribution in [3.05, 3.63) is 114 Å². The number of phenols is 1. The molecule has 0 saturated heterocycles. The van der Waals surface area contributed by atoms with Crippen molar-refractivity contribution in [1.82, 2.24) is 0 Å². The van der Waals surface area contributed by atoms with Crippen LogP contribution in [-0.2, 0) is 0 Å². The standard InChI is InChI=1S/C12H10O.2C10H11NO.CH3.Al/c13-12-8-6-11(7-9-12)10-4-2-1-3-5-10;2*1-7-5-6-8-3-2-4-9(12)10(8)11-7;;/h1-9,13H;2*2-7,11-12H,1H3;1H3;/q;;;;+2/p-2. The molecular weight excluding hydrogens is 499 g/mol. The Morgan fingerprint density at radius 2 is 1.23 bits per heavy atom. The number of para-hydroxylation sites is 2. The van der Waals surface area contributed by atoms with Gasteiger partial charge >= 0.3 is 14.8 Å². The summed E-state index contributed by atoms with van der Waals surface area (Å²) in [5.74, 6) is 4.08. The van der Waals surface area contributed by atoms with E-state index in [2.05, 4.69) is 66.1 Å². The van der Waals surface area contributed by atoms with E-state index in [9.17, 15) is 5.11 Å². The first-order chi connectivity index (χ1) is 19.0. The van der Waals surface area contributed by atoms with Crippen LogP contribution in [0.2, 0.25) is 5.79 Å². The Balaban J connectivity index is 0.000000214. The Bertz CT molecular complexity index is 1470. The molecule has 6 rings (SSSR count). The lowest BCUT2D eigenvalue weighted by Gasteiger charge is -2.23. The molecule has 196 valence electrons. The number of nitrogens with one attached hydrogen (secondary N) is 2. The SMILES string of the molecule is CC1C=Cc2cccc(O)c2N1.CC1C=Cc2cccc([O][Al]([CH3])[O]c3ccc(-c4ccccc4)cc3)c2N1. The van der Waals surface area contributed by atoms with E-state index in [4.69, 9.17) is 7.58 Å². The lowest BCUT2D eigenvalue weighted by Crippen LogP contribution is -2.27. The summed E-state index contributed by atoms with van der Waals surface area (Å²) in [5, 5.41) is 16.1. The number of anilines is 2. The van der Waals surface area contributed by atoms with Crippen LogP contribution in [-0.4, -0.2) is 32.0 Å². The average molecular weight is 533 g/mol. The molecule has 4 aromatic rings. The van der Waals surface area contributed by atoms with Crippen LogP contribution in [0.3, 0.4) is 0 Å². The van der Waals surface area contributed by atoms with E-state index in [0.29, 0.717) is 17.8 Å². The third-order valence-corrected chi connectivity index (χ3v) is 7.75. The van der Waals surface area contributed by atoms with Crippen molar-refractivity contribution < 1.29 is 12.7 Å². The van der Waals surface area contributed by atoms with Gasteiger partial charge < -0.3 is 23.3 Å². The van der Waals surface area contributed by atoms with Gasteiger partial charge in [-0.2, -0.15) is 0 Å². The largest absolute Gasteiger partial charge is 0.853 e. The zero-order chi connectivity index (χ0) is 27.2. The van der Waals surface area contributed by atoms with E-state index >= 15 is 0 Å². The van der Waals surface area contributed by atoms with E-state index in [1.165, 1.54) is 11.1 Å². The second kappa shape index (κ2) is 12.2. The Morgan fingerprint density at radius 1 is 0.641 bits per heavy atom. The van der Waals surface area contributed by atoms with Gasteiger partial charge in [-0.3, -0.25) is 0 Å². The highest BCUT2D eigenvalue weighted by Gasteiger charge is 2.27. The minimum absolute atomic E-state index is 0.297. The van der Waals surface area contributed by atoms with E-state index < -0.39 is 14.8 Å². The van der Waals surface area contributed by atoms with Gasteiger partial charge in [0, 0.05) is 23.2 Å². The molecule has 2 heterocycles. The van der Waals surface area contributed by atoms with E-state index in [1.54, 1.807) is 6.07 Å². The van der Waals surface area contributed by atoms with E-state index in [1.807, 2.05) is 73.4 Å². The minimum atomic E-state index is -1.88. The summed E-state index contributed by atoms with van der Waals surface area (Å²) < 4.78 is 12.3. The summed E-state index contributed by atoms with van der Waals surface area (Å²) in [5.41, 5.74) is 6.48. The predicted molar refractivity (Wildman–Crippen MR) is 164 cm³/mol. The lowest BCUT2D eigenvalue weighted by atomic mass is 10.1. The second-order valence-corrected chi connectivity index (χ2v) is 11.3. The minimum Gasteiger partial charge on any atom is -0.612 e. The number of rotatable bonds is 5. The Kier molecular flexibility index (Phi) is 8.27. The van der Waals surface area contributed by atoms with E-state index in [-0.39, 0.29) is 0 Å². The molecule has 2 unspecified atom stereocenters. The van der Waals surface area contributed by atoms with Gasteiger partial charge in [-0.25, -0.2) is 0 Å². The van der Waals surface area contributed by atoms with Crippen LogP contribution in [0.15, 0.2) is 103 Å². The third-order valence-electron chi connectivity index (χ3n) is 6.56. The van der Waals surface area contributed by atoms with Gasteiger partial charge in [0.05, 0.1) is 17.1 Å². The first-order valence-corrected chi connectivity index (χ1v) is 15.4. The summed E-state index contributed by atoms with van der Waals surface area (Å²) in [6.07, 6.45) is 8.38. The van der Waals surface area contributed by atoms with Gasteiger partial charge in [0.2, 0.25) is 0 Å². The molecule has 39 heavy (non-hydrogen) atoms. The smallest absolute Gasteiger partial charge is 0.612 e. The molecule has 2 atom stereocenters. The van der Waals surface area contributed by atoms with Crippen LogP contribution < -0.4 is 18.2 Å². The van der Waals surface area contributed by atoms with Crippen molar-refractivity contribution in [1.29, 1.82) is 0 Å². The van der Waals surface area contributed by atoms with Gasteiger partial charge in [0.15, 0.2) is 0 Å². The van der Waals surface area contributed by atoms with Crippen molar-refractivity contribution in [2.75, 3.05) is 10.6 Å². The molecule has 0 aliphatic carbocycles. The van der Waals surface area contributed by atoms with Gasteiger partial charge in [-0.1, -0.05) is 91.0 Å². The fourth-order valence-electron chi connectivity index (χ4n) is 4.59. The highest BCUT2D eigenvalue weighted by molar-refractivity contribution is 6.44. The molecule has 5 nitrogen and oxygen atoms in total. The molecule has 4 aromatic carbocycles. The summed E-state index contributed by atoms with van der Waals surface area (Å²) in [6, 6.07) is 30.8. The number of hydrogen-bond donors (Lipinski definition) is 3. The van der Waals surface area contributed by atoms with Crippen LogP contribution in [0.5, 0.6) is 17.2 Å². The van der Waals surface area contributed by atoms with Gasteiger partial charge in [-0.05, 0) is 55.0 Å².